The van der Waals surface area contributed by atoms with Crippen LogP contribution in [0, 0.1) is 0 Å². The first-order valence-electron chi connectivity index (χ1n) is 5.54. The molecule has 0 bridgehead atoms. The van der Waals surface area contributed by atoms with Crippen LogP contribution in [0.4, 0.5) is 0 Å². The second-order valence-electron chi connectivity index (χ2n) is 3.85. The van der Waals surface area contributed by atoms with E-state index in [1.54, 1.807) is 6.07 Å². The van der Waals surface area contributed by atoms with Gasteiger partial charge in [0.1, 0.15) is 16.4 Å². The lowest BCUT2D eigenvalue weighted by Crippen LogP contribution is -2.41. The highest BCUT2D eigenvalue weighted by Gasteiger charge is 2.26. The van der Waals surface area contributed by atoms with Gasteiger partial charge < -0.3 is 9.47 Å². The van der Waals surface area contributed by atoms with Crippen LogP contribution in [0.2, 0.25) is 0 Å². The molecule has 1 aromatic rings. The molecule has 0 fully saturated rings. The lowest BCUT2D eigenvalue weighted by molar-refractivity contribution is -0.121. The number of hydrogen-bond donors (Lipinski definition) is 2. The van der Waals surface area contributed by atoms with Gasteiger partial charge in [0.2, 0.25) is 15.9 Å². The number of nitrogens with one attached hydrogen (secondary N) is 1. The third kappa shape index (κ3) is 3.38. The number of amides is 1. The maximum atomic E-state index is 12.4. The van der Waals surface area contributed by atoms with E-state index in [0.717, 1.165) is 4.31 Å². The van der Waals surface area contributed by atoms with Gasteiger partial charge in [-0.3, -0.25) is 10.2 Å². The minimum Gasteiger partial charge on any atom is -0.497 e. The van der Waals surface area contributed by atoms with Crippen molar-refractivity contribution < 1.29 is 22.7 Å². The van der Waals surface area contributed by atoms with Gasteiger partial charge in [-0.25, -0.2) is 14.3 Å². The number of likely N-dealkylation sites (N-methyl/N-ethyl adjacent to an activating group) is 1. The number of methoxy groups -OCH3 is 2. The Balaban J connectivity index is 3.23. The van der Waals surface area contributed by atoms with Crippen molar-refractivity contribution in [3.63, 3.8) is 0 Å². The van der Waals surface area contributed by atoms with E-state index in [4.69, 9.17) is 15.3 Å². The molecule has 9 heteroatoms. The van der Waals surface area contributed by atoms with Crippen LogP contribution in [0.25, 0.3) is 0 Å². The Kier molecular flexibility index (Phi) is 5.31. The van der Waals surface area contributed by atoms with E-state index in [-0.39, 0.29) is 10.6 Å². The molecule has 0 spiro atoms. The Morgan fingerprint density at radius 3 is 2.50 bits per heavy atom. The second-order valence-corrected chi connectivity index (χ2v) is 5.86. The third-order valence-corrected chi connectivity index (χ3v) is 4.41. The molecule has 0 saturated carbocycles. The first-order chi connectivity index (χ1) is 9.36. The summed E-state index contributed by atoms with van der Waals surface area (Å²) < 4.78 is 35.7. The second kappa shape index (κ2) is 6.55. The van der Waals surface area contributed by atoms with Gasteiger partial charge in [0, 0.05) is 13.1 Å². The molecule has 112 valence electrons. The van der Waals surface area contributed by atoms with E-state index in [1.807, 2.05) is 5.43 Å². The highest BCUT2D eigenvalue weighted by Crippen LogP contribution is 2.29. The normalized spacial score (nSPS) is 11.2. The zero-order valence-electron chi connectivity index (χ0n) is 11.4. The van der Waals surface area contributed by atoms with Crippen LogP contribution >= 0.6 is 0 Å². The molecule has 0 saturated heterocycles. The van der Waals surface area contributed by atoms with Gasteiger partial charge in [0.05, 0.1) is 20.8 Å². The Labute approximate surface area is 117 Å². The van der Waals surface area contributed by atoms with Crippen LogP contribution in [0.5, 0.6) is 11.5 Å². The number of benzene rings is 1. The Morgan fingerprint density at radius 2 is 2.00 bits per heavy atom. The molecule has 0 aliphatic heterocycles. The summed E-state index contributed by atoms with van der Waals surface area (Å²) in [5, 5.41) is 0. The molecular formula is C11H17N3O5S. The van der Waals surface area contributed by atoms with Crippen molar-refractivity contribution in [2.75, 3.05) is 27.8 Å². The van der Waals surface area contributed by atoms with Crippen molar-refractivity contribution in [1.29, 1.82) is 0 Å². The van der Waals surface area contributed by atoms with Crippen LogP contribution < -0.4 is 20.7 Å². The molecule has 0 aromatic heterocycles. The molecule has 1 amide bonds. The minimum atomic E-state index is -3.91. The molecule has 1 aromatic carbocycles. The Hall–Kier alpha value is -1.84. The van der Waals surface area contributed by atoms with Crippen LogP contribution in [-0.4, -0.2) is 46.4 Å². The molecule has 0 aliphatic rings. The summed E-state index contributed by atoms with van der Waals surface area (Å²) in [6, 6.07) is 4.37. The summed E-state index contributed by atoms with van der Waals surface area (Å²) in [6.45, 7) is -0.404. The molecule has 0 unspecified atom stereocenters. The minimum absolute atomic E-state index is 0.0910. The quantitative estimate of drug-likeness (QED) is 0.409. The van der Waals surface area contributed by atoms with Crippen molar-refractivity contribution in [2.24, 2.45) is 5.84 Å². The fraction of sp³-hybridized carbons (Fsp3) is 0.364. The molecule has 20 heavy (non-hydrogen) atoms. The number of carbonyl (C=O) groups is 1. The van der Waals surface area contributed by atoms with Crippen LogP contribution in [0.3, 0.4) is 0 Å². The van der Waals surface area contributed by atoms with E-state index in [1.165, 1.54) is 33.4 Å². The van der Waals surface area contributed by atoms with E-state index in [0.29, 0.717) is 5.75 Å². The molecule has 0 atom stereocenters. The van der Waals surface area contributed by atoms with E-state index in [2.05, 4.69) is 0 Å². The highest BCUT2D eigenvalue weighted by molar-refractivity contribution is 7.89. The third-order valence-electron chi connectivity index (χ3n) is 2.59. The van der Waals surface area contributed by atoms with Crippen LogP contribution in [0.1, 0.15) is 0 Å². The van der Waals surface area contributed by atoms with Gasteiger partial charge in [-0.15, -0.1) is 0 Å². The van der Waals surface area contributed by atoms with E-state index >= 15 is 0 Å². The average molecular weight is 303 g/mol. The van der Waals surface area contributed by atoms with Crippen LogP contribution in [0.15, 0.2) is 23.1 Å². The van der Waals surface area contributed by atoms with Gasteiger partial charge >= 0.3 is 0 Å². The summed E-state index contributed by atoms with van der Waals surface area (Å²) in [5.74, 6) is 4.83. The number of hydrogen-bond acceptors (Lipinski definition) is 6. The first-order valence-corrected chi connectivity index (χ1v) is 6.98. The van der Waals surface area contributed by atoms with Crippen molar-refractivity contribution >= 4 is 15.9 Å². The number of nitrogens with two attached hydrogens (primary N) is 1. The molecule has 0 aliphatic carbocycles. The Bertz CT molecular complexity index is 588. The van der Waals surface area contributed by atoms with Gasteiger partial charge in [-0.2, -0.15) is 4.31 Å². The number of carbonyl (C=O) groups excluding carboxylic acids is 1. The monoisotopic (exact) mass is 303 g/mol. The number of sulfonamides is 1. The lowest BCUT2D eigenvalue weighted by Gasteiger charge is -2.18. The predicted octanol–water partition coefficient (Wildman–Crippen LogP) is -0.686. The molecule has 3 N–H and O–H groups in total. The zero-order valence-corrected chi connectivity index (χ0v) is 12.2. The van der Waals surface area contributed by atoms with Crippen molar-refractivity contribution in [1.82, 2.24) is 9.73 Å². The summed E-state index contributed by atoms with van der Waals surface area (Å²) in [5.41, 5.74) is 1.87. The molecule has 1 rings (SSSR count). The van der Waals surface area contributed by atoms with Crippen molar-refractivity contribution in [3.05, 3.63) is 18.2 Å². The van der Waals surface area contributed by atoms with Crippen LogP contribution in [-0.2, 0) is 14.8 Å². The average Bonchev–Trinajstić information content (AvgIpc) is 2.46. The van der Waals surface area contributed by atoms with Gasteiger partial charge in [0.25, 0.3) is 0 Å². The summed E-state index contributed by atoms with van der Waals surface area (Å²) in [6.07, 6.45) is 0. The fourth-order valence-corrected chi connectivity index (χ4v) is 2.78. The maximum Gasteiger partial charge on any atom is 0.249 e. The first kappa shape index (κ1) is 16.2. The molecule has 0 radical (unpaired) electrons. The maximum absolute atomic E-state index is 12.4. The predicted molar refractivity (Wildman–Crippen MR) is 71.7 cm³/mol. The number of hydrazine groups is 1. The molecule has 0 heterocycles. The lowest BCUT2D eigenvalue weighted by atomic mass is 10.3. The number of rotatable bonds is 6. The SMILES string of the molecule is COc1ccc(OC)c(S(=O)(=O)N(C)CC(=O)NN)c1. The number of ether oxygens (including phenoxy) is 2. The standard InChI is InChI=1S/C11H17N3O5S/c1-14(7-11(15)13-12)20(16,17)10-6-8(18-2)4-5-9(10)19-3/h4-6H,7,12H2,1-3H3,(H,13,15). The zero-order chi connectivity index (χ0) is 15.3. The largest absolute Gasteiger partial charge is 0.497 e. The Morgan fingerprint density at radius 1 is 1.35 bits per heavy atom. The van der Waals surface area contributed by atoms with Gasteiger partial charge in [0.15, 0.2) is 0 Å². The topological polar surface area (TPSA) is 111 Å². The van der Waals surface area contributed by atoms with Gasteiger partial charge in [-0.05, 0) is 12.1 Å². The smallest absolute Gasteiger partial charge is 0.249 e. The molecular weight excluding hydrogens is 286 g/mol. The summed E-state index contributed by atoms with van der Waals surface area (Å²) in [4.78, 5) is 11.1. The number of nitrogens with zero attached hydrogens (tertiary/aromatic N) is 1. The van der Waals surface area contributed by atoms with E-state index in [9.17, 15) is 13.2 Å². The summed E-state index contributed by atoms with van der Waals surface area (Å²) in [7, 11) is 0.135. The highest BCUT2D eigenvalue weighted by atomic mass is 32.2. The molecule has 8 nitrogen and oxygen atoms in total. The van der Waals surface area contributed by atoms with Gasteiger partial charge in [-0.1, -0.05) is 0 Å². The van der Waals surface area contributed by atoms with E-state index < -0.39 is 22.5 Å². The fourth-order valence-electron chi connectivity index (χ4n) is 1.49. The van der Waals surface area contributed by atoms with Crippen molar-refractivity contribution in [3.8, 4) is 11.5 Å². The van der Waals surface area contributed by atoms with Crippen molar-refractivity contribution in [2.45, 2.75) is 4.90 Å². The summed E-state index contributed by atoms with van der Waals surface area (Å²) >= 11 is 0.